The maximum Gasteiger partial charge on any atom is 0.258 e. The van der Waals surface area contributed by atoms with E-state index >= 15 is 0 Å². The molecule has 0 radical (unpaired) electrons. The second-order valence-electron chi connectivity index (χ2n) is 7.37. The number of aromatic amines is 1. The maximum absolute atomic E-state index is 12.5. The third kappa shape index (κ3) is 3.60. The summed E-state index contributed by atoms with van der Waals surface area (Å²) in [7, 11) is 0. The molecule has 1 aliphatic heterocycles. The van der Waals surface area contributed by atoms with Crippen molar-refractivity contribution in [2.75, 3.05) is 18.0 Å². The molecule has 154 valence electrons. The fourth-order valence-electron chi connectivity index (χ4n) is 3.73. The molecule has 1 fully saturated rings. The Labute approximate surface area is 177 Å². The molecule has 3 aromatic heterocycles. The van der Waals surface area contributed by atoms with Crippen LogP contribution in [-0.2, 0) is 6.54 Å². The molecule has 1 aliphatic rings. The number of H-pyrrole nitrogens is 1. The summed E-state index contributed by atoms with van der Waals surface area (Å²) < 4.78 is 7.66. The zero-order chi connectivity index (χ0) is 20.5. The van der Waals surface area contributed by atoms with Crippen molar-refractivity contribution in [1.29, 1.82) is 0 Å². The Balaban J connectivity index is 1.47. The predicted molar refractivity (Wildman–Crippen MR) is 116 cm³/mol. The van der Waals surface area contributed by atoms with E-state index in [1.807, 2.05) is 37.3 Å². The summed E-state index contributed by atoms with van der Waals surface area (Å²) >= 11 is 1.53. The lowest BCUT2D eigenvalue weighted by Gasteiger charge is -2.18. The van der Waals surface area contributed by atoms with Gasteiger partial charge in [-0.15, -0.1) is 10.2 Å². The number of thioether (sulfide) groups is 1. The van der Waals surface area contributed by atoms with Crippen LogP contribution in [0.2, 0.25) is 0 Å². The number of fused-ring (bicyclic) bond motifs is 1. The summed E-state index contributed by atoms with van der Waals surface area (Å²) in [6.07, 6.45) is 4.00. The highest BCUT2D eigenvalue weighted by Crippen LogP contribution is 2.34. The summed E-state index contributed by atoms with van der Waals surface area (Å²) in [4.78, 5) is 22.3. The lowest BCUT2D eigenvalue weighted by Crippen LogP contribution is -2.22. The van der Waals surface area contributed by atoms with E-state index in [1.54, 1.807) is 12.3 Å². The molecular formula is C21H22N6O2S. The van der Waals surface area contributed by atoms with E-state index in [2.05, 4.69) is 29.6 Å². The third-order valence-electron chi connectivity index (χ3n) is 5.28. The van der Waals surface area contributed by atoms with E-state index < -0.39 is 0 Å². The first-order valence-electron chi connectivity index (χ1n) is 10.0. The Bertz CT molecular complexity index is 1210. The molecule has 1 saturated heterocycles. The van der Waals surface area contributed by atoms with Crippen molar-refractivity contribution in [3.8, 4) is 0 Å². The Morgan fingerprint density at radius 2 is 2.00 bits per heavy atom. The number of hydrogen-bond donors (Lipinski definition) is 1. The van der Waals surface area contributed by atoms with Crippen molar-refractivity contribution >= 4 is 28.6 Å². The van der Waals surface area contributed by atoms with Gasteiger partial charge in [-0.2, -0.15) is 0 Å². The Morgan fingerprint density at radius 1 is 1.17 bits per heavy atom. The van der Waals surface area contributed by atoms with Gasteiger partial charge in [0.1, 0.15) is 11.6 Å². The quantitative estimate of drug-likeness (QED) is 0.475. The number of aromatic nitrogens is 5. The number of furan rings is 1. The summed E-state index contributed by atoms with van der Waals surface area (Å²) in [6.45, 7) is 4.54. The first-order chi connectivity index (χ1) is 14.7. The molecule has 8 nitrogen and oxygen atoms in total. The van der Waals surface area contributed by atoms with Crippen LogP contribution in [0, 0.1) is 0 Å². The van der Waals surface area contributed by atoms with Crippen molar-refractivity contribution in [2.45, 2.75) is 36.7 Å². The molecule has 0 spiro atoms. The molecule has 0 aliphatic carbocycles. The van der Waals surface area contributed by atoms with Gasteiger partial charge < -0.3 is 14.3 Å². The SMILES string of the molecule is CC(Sc1nnc(N2CCCC2)n1Cc1ccco1)c1nc2ccccc2c(=O)[nH]1. The van der Waals surface area contributed by atoms with Gasteiger partial charge >= 0.3 is 0 Å². The lowest BCUT2D eigenvalue weighted by molar-refractivity contribution is 0.483. The number of nitrogens with zero attached hydrogens (tertiary/aromatic N) is 5. The van der Waals surface area contributed by atoms with E-state index in [1.165, 1.54) is 11.8 Å². The standard InChI is InChI=1S/C21H22N6O2S/c1-14(18-22-17-9-3-2-8-16(17)19(28)23-18)30-21-25-24-20(26-10-4-5-11-26)27(21)13-15-7-6-12-29-15/h2-3,6-9,12,14H,4-5,10-11,13H2,1H3,(H,22,23,28). The van der Waals surface area contributed by atoms with Gasteiger partial charge in [-0.25, -0.2) is 4.98 Å². The molecule has 4 heterocycles. The van der Waals surface area contributed by atoms with Crippen molar-refractivity contribution in [3.63, 3.8) is 0 Å². The highest BCUT2D eigenvalue weighted by Gasteiger charge is 2.24. The highest BCUT2D eigenvalue weighted by molar-refractivity contribution is 7.99. The van der Waals surface area contributed by atoms with Gasteiger partial charge in [0.15, 0.2) is 5.16 Å². The Hall–Kier alpha value is -3.07. The molecule has 0 amide bonds. The van der Waals surface area contributed by atoms with Gasteiger partial charge in [-0.05, 0) is 44.0 Å². The first kappa shape index (κ1) is 18.9. The third-order valence-corrected chi connectivity index (χ3v) is 6.37. The van der Waals surface area contributed by atoms with Crippen LogP contribution in [0.1, 0.15) is 36.6 Å². The van der Waals surface area contributed by atoms with Crippen molar-refractivity contribution < 1.29 is 4.42 Å². The molecule has 0 bridgehead atoms. The van der Waals surface area contributed by atoms with Crippen LogP contribution in [0.5, 0.6) is 0 Å². The number of hydrogen-bond acceptors (Lipinski definition) is 7. The van der Waals surface area contributed by atoms with Gasteiger partial charge in [-0.1, -0.05) is 23.9 Å². The monoisotopic (exact) mass is 422 g/mol. The summed E-state index contributed by atoms with van der Waals surface area (Å²) in [5.41, 5.74) is 0.566. The number of anilines is 1. The van der Waals surface area contributed by atoms with Crippen LogP contribution in [0.4, 0.5) is 5.95 Å². The van der Waals surface area contributed by atoms with Crippen molar-refractivity contribution in [3.05, 3.63) is 64.6 Å². The second-order valence-corrected chi connectivity index (χ2v) is 8.68. The number of benzene rings is 1. The van der Waals surface area contributed by atoms with Gasteiger partial charge in [0.05, 0.1) is 29.0 Å². The second kappa shape index (κ2) is 7.98. The fraction of sp³-hybridized carbons (Fsp3) is 0.333. The van der Waals surface area contributed by atoms with Gasteiger partial charge in [0.2, 0.25) is 5.95 Å². The Morgan fingerprint density at radius 3 is 2.80 bits per heavy atom. The van der Waals surface area contributed by atoms with Gasteiger partial charge in [-0.3, -0.25) is 9.36 Å². The summed E-state index contributed by atoms with van der Waals surface area (Å²) in [5.74, 6) is 2.33. The first-order valence-corrected chi connectivity index (χ1v) is 10.9. The number of rotatable bonds is 6. The number of para-hydroxylation sites is 1. The molecule has 5 rings (SSSR count). The fourth-order valence-corrected chi connectivity index (χ4v) is 4.63. The summed E-state index contributed by atoms with van der Waals surface area (Å²) in [5, 5.41) is 10.2. The average Bonchev–Trinajstić information content (AvgIpc) is 3.51. The smallest absolute Gasteiger partial charge is 0.258 e. The molecule has 0 saturated carbocycles. The van der Waals surface area contributed by atoms with Crippen LogP contribution < -0.4 is 10.5 Å². The van der Waals surface area contributed by atoms with Crippen LogP contribution >= 0.6 is 11.8 Å². The lowest BCUT2D eigenvalue weighted by atomic mass is 10.2. The minimum atomic E-state index is -0.127. The molecule has 1 N–H and O–H groups in total. The van der Waals surface area contributed by atoms with E-state index in [0.29, 0.717) is 23.3 Å². The van der Waals surface area contributed by atoms with Crippen molar-refractivity contribution in [2.24, 2.45) is 0 Å². The molecule has 30 heavy (non-hydrogen) atoms. The van der Waals surface area contributed by atoms with E-state index in [4.69, 9.17) is 4.42 Å². The molecular weight excluding hydrogens is 400 g/mol. The van der Waals surface area contributed by atoms with E-state index in [9.17, 15) is 4.79 Å². The number of nitrogens with one attached hydrogen (secondary N) is 1. The van der Waals surface area contributed by atoms with E-state index in [-0.39, 0.29) is 10.8 Å². The summed E-state index contributed by atoms with van der Waals surface area (Å²) in [6, 6.07) is 11.2. The van der Waals surface area contributed by atoms with Crippen LogP contribution in [-0.4, -0.2) is 37.8 Å². The Kier molecular flexibility index (Phi) is 5.04. The van der Waals surface area contributed by atoms with Crippen LogP contribution in [0.15, 0.2) is 57.0 Å². The topological polar surface area (TPSA) is 92.8 Å². The molecule has 9 heteroatoms. The minimum Gasteiger partial charge on any atom is -0.467 e. The zero-order valence-corrected chi connectivity index (χ0v) is 17.4. The normalized spacial score (nSPS) is 15.2. The predicted octanol–water partition coefficient (Wildman–Crippen LogP) is 3.61. The molecule has 1 atom stereocenters. The molecule has 1 unspecified atom stereocenters. The molecule has 4 aromatic rings. The largest absolute Gasteiger partial charge is 0.467 e. The van der Waals surface area contributed by atoms with Crippen LogP contribution in [0.3, 0.4) is 0 Å². The van der Waals surface area contributed by atoms with Gasteiger partial charge in [0, 0.05) is 13.1 Å². The zero-order valence-electron chi connectivity index (χ0n) is 16.6. The van der Waals surface area contributed by atoms with Crippen LogP contribution in [0.25, 0.3) is 10.9 Å². The maximum atomic E-state index is 12.5. The minimum absolute atomic E-state index is 0.103. The average molecular weight is 423 g/mol. The molecule has 1 aromatic carbocycles. The van der Waals surface area contributed by atoms with Gasteiger partial charge in [0.25, 0.3) is 5.56 Å². The highest BCUT2D eigenvalue weighted by atomic mass is 32.2. The van der Waals surface area contributed by atoms with E-state index in [0.717, 1.165) is 42.8 Å². The van der Waals surface area contributed by atoms with Crippen molar-refractivity contribution in [1.82, 2.24) is 24.7 Å².